The van der Waals surface area contributed by atoms with Gasteiger partial charge >= 0.3 is 6.18 Å². The highest BCUT2D eigenvalue weighted by atomic mass is 32.1. The molecule has 1 unspecified atom stereocenters. The second-order valence-corrected chi connectivity index (χ2v) is 5.85. The van der Waals surface area contributed by atoms with E-state index in [4.69, 9.17) is 0 Å². The minimum absolute atomic E-state index is 0.282. The van der Waals surface area contributed by atoms with E-state index >= 15 is 0 Å². The molecule has 0 amide bonds. The first-order chi connectivity index (χ1) is 10.0. The van der Waals surface area contributed by atoms with Crippen molar-refractivity contribution in [1.29, 1.82) is 0 Å². The van der Waals surface area contributed by atoms with Crippen LogP contribution in [0.1, 0.15) is 35.4 Å². The maximum atomic E-state index is 13.1. The van der Waals surface area contributed by atoms with Crippen molar-refractivity contribution in [2.45, 2.75) is 32.0 Å². The van der Waals surface area contributed by atoms with E-state index in [9.17, 15) is 13.2 Å². The average molecular weight is 313 g/mol. The quantitative estimate of drug-likeness (QED) is 0.787. The zero-order chi connectivity index (χ0) is 15.3. The van der Waals surface area contributed by atoms with E-state index in [-0.39, 0.29) is 6.04 Å². The molecule has 1 heterocycles. The molecular formula is C16H18F3NS. The Labute approximate surface area is 126 Å². The topological polar surface area (TPSA) is 12.0 Å². The van der Waals surface area contributed by atoms with Gasteiger partial charge < -0.3 is 5.32 Å². The van der Waals surface area contributed by atoms with Crippen molar-refractivity contribution in [2.75, 3.05) is 6.54 Å². The van der Waals surface area contributed by atoms with E-state index in [0.29, 0.717) is 18.5 Å². The summed E-state index contributed by atoms with van der Waals surface area (Å²) in [4.78, 5) is 1.20. The largest absolute Gasteiger partial charge is 0.416 e. The van der Waals surface area contributed by atoms with Crippen LogP contribution in [0.25, 0.3) is 0 Å². The van der Waals surface area contributed by atoms with E-state index in [0.717, 1.165) is 12.5 Å². The summed E-state index contributed by atoms with van der Waals surface area (Å²) in [5.74, 6) is 0. The van der Waals surface area contributed by atoms with Gasteiger partial charge in [-0.2, -0.15) is 13.2 Å². The van der Waals surface area contributed by atoms with Gasteiger partial charge in [0.2, 0.25) is 0 Å². The fourth-order valence-corrected chi connectivity index (χ4v) is 3.14. The van der Waals surface area contributed by atoms with Gasteiger partial charge in [-0.3, -0.25) is 0 Å². The molecule has 0 radical (unpaired) electrons. The summed E-state index contributed by atoms with van der Waals surface area (Å²) >= 11 is 1.64. The Morgan fingerprint density at radius 3 is 2.52 bits per heavy atom. The lowest BCUT2D eigenvalue weighted by Gasteiger charge is -2.22. The molecule has 1 aromatic heterocycles. The summed E-state index contributed by atoms with van der Waals surface area (Å²) in [6.07, 6.45) is -2.88. The lowest BCUT2D eigenvalue weighted by atomic mass is 9.96. The fraction of sp³-hybridized carbons (Fsp3) is 0.375. The Bertz CT molecular complexity index is 549. The van der Waals surface area contributed by atoms with E-state index in [1.54, 1.807) is 23.5 Å². The van der Waals surface area contributed by atoms with Gasteiger partial charge in [0.25, 0.3) is 0 Å². The predicted molar refractivity (Wildman–Crippen MR) is 80.5 cm³/mol. The van der Waals surface area contributed by atoms with Crippen LogP contribution in [0, 0.1) is 0 Å². The van der Waals surface area contributed by atoms with Gasteiger partial charge in [-0.1, -0.05) is 31.2 Å². The molecule has 0 aliphatic heterocycles. The van der Waals surface area contributed by atoms with Gasteiger partial charge in [-0.15, -0.1) is 11.3 Å². The Kier molecular flexibility index (Phi) is 5.42. The highest BCUT2D eigenvalue weighted by Gasteiger charge is 2.34. The standard InChI is InChI=1S/C16H18F3NS/c1-2-20-15(10-9-12-6-5-11-21-12)13-7-3-4-8-14(13)16(17,18)19/h3-8,11,15,20H,2,9-10H2,1H3. The number of hydrogen-bond acceptors (Lipinski definition) is 2. The summed E-state index contributed by atoms with van der Waals surface area (Å²) in [5, 5.41) is 5.17. The van der Waals surface area contributed by atoms with Crippen LogP contribution >= 0.6 is 11.3 Å². The smallest absolute Gasteiger partial charge is 0.310 e. The molecule has 0 saturated carbocycles. The number of benzene rings is 1. The third-order valence-electron chi connectivity index (χ3n) is 3.35. The number of thiophene rings is 1. The zero-order valence-corrected chi connectivity index (χ0v) is 12.6. The number of aryl methyl sites for hydroxylation is 1. The third-order valence-corrected chi connectivity index (χ3v) is 4.29. The summed E-state index contributed by atoms with van der Waals surface area (Å²) < 4.78 is 39.4. The molecule has 0 aliphatic carbocycles. The first-order valence-corrected chi connectivity index (χ1v) is 7.82. The Hall–Kier alpha value is -1.33. The molecule has 2 aromatic rings. The Morgan fingerprint density at radius 2 is 1.90 bits per heavy atom. The van der Waals surface area contributed by atoms with Crippen LogP contribution in [-0.4, -0.2) is 6.54 Å². The first-order valence-electron chi connectivity index (χ1n) is 6.94. The summed E-state index contributed by atoms with van der Waals surface area (Å²) in [6.45, 7) is 2.55. The molecule has 0 saturated heterocycles. The Balaban J connectivity index is 2.21. The van der Waals surface area contributed by atoms with Crippen LogP contribution in [0.4, 0.5) is 13.2 Å². The monoisotopic (exact) mass is 313 g/mol. The molecule has 5 heteroatoms. The molecule has 1 nitrogen and oxygen atoms in total. The average Bonchev–Trinajstić information content (AvgIpc) is 2.96. The van der Waals surface area contributed by atoms with Crippen LogP contribution in [-0.2, 0) is 12.6 Å². The number of nitrogens with one attached hydrogen (secondary N) is 1. The maximum Gasteiger partial charge on any atom is 0.416 e. The maximum absolute atomic E-state index is 13.1. The van der Waals surface area contributed by atoms with Crippen LogP contribution in [0.5, 0.6) is 0 Å². The van der Waals surface area contributed by atoms with Crippen LogP contribution in [0.3, 0.4) is 0 Å². The predicted octanol–water partition coefficient (Wildman–Crippen LogP) is 5.05. The van der Waals surface area contributed by atoms with Crippen molar-refractivity contribution in [3.63, 3.8) is 0 Å². The fourth-order valence-electron chi connectivity index (χ4n) is 2.41. The van der Waals surface area contributed by atoms with Gasteiger partial charge in [0.05, 0.1) is 5.56 Å². The van der Waals surface area contributed by atoms with Crippen molar-refractivity contribution in [3.8, 4) is 0 Å². The minimum atomic E-state index is -4.31. The minimum Gasteiger partial charge on any atom is -0.310 e. The molecule has 114 valence electrons. The van der Waals surface area contributed by atoms with Crippen LogP contribution < -0.4 is 5.32 Å². The normalized spacial score (nSPS) is 13.3. The SMILES string of the molecule is CCNC(CCc1cccs1)c1ccccc1C(F)(F)F. The lowest BCUT2D eigenvalue weighted by Crippen LogP contribution is -2.24. The Morgan fingerprint density at radius 1 is 1.14 bits per heavy atom. The van der Waals surface area contributed by atoms with E-state index in [1.165, 1.54) is 10.9 Å². The van der Waals surface area contributed by atoms with Crippen molar-refractivity contribution < 1.29 is 13.2 Å². The summed E-state index contributed by atoms with van der Waals surface area (Å²) in [5.41, 5.74) is -0.203. The van der Waals surface area contributed by atoms with Gasteiger partial charge in [-0.25, -0.2) is 0 Å². The first kappa shape index (κ1) is 16.0. The van der Waals surface area contributed by atoms with Crippen molar-refractivity contribution >= 4 is 11.3 Å². The molecule has 0 aliphatic rings. The summed E-state index contributed by atoms with van der Waals surface area (Å²) in [7, 11) is 0. The second-order valence-electron chi connectivity index (χ2n) is 4.81. The van der Waals surface area contributed by atoms with Crippen LogP contribution in [0.2, 0.25) is 0 Å². The van der Waals surface area contributed by atoms with Crippen molar-refractivity contribution in [3.05, 3.63) is 57.8 Å². The lowest BCUT2D eigenvalue weighted by molar-refractivity contribution is -0.138. The van der Waals surface area contributed by atoms with E-state index in [1.807, 2.05) is 24.4 Å². The molecule has 0 spiro atoms. The molecule has 1 N–H and O–H groups in total. The number of alkyl halides is 3. The molecule has 1 atom stereocenters. The second kappa shape index (κ2) is 7.09. The van der Waals surface area contributed by atoms with Crippen molar-refractivity contribution in [1.82, 2.24) is 5.32 Å². The third kappa shape index (κ3) is 4.32. The zero-order valence-electron chi connectivity index (χ0n) is 11.8. The number of hydrogen-bond donors (Lipinski definition) is 1. The summed E-state index contributed by atoms with van der Waals surface area (Å²) in [6, 6.07) is 9.54. The van der Waals surface area contributed by atoms with Gasteiger partial charge in [-0.05, 0) is 42.5 Å². The molecule has 2 rings (SSSR count). The van der Waals surface area contributed by atoms with Crippen molar-refractivity contribution in [2.24, 2.45) is 0 Å². The molecule has 0 fully saturated rings. The molecule has 0 bridgehead atoms. The number of halogens is 3. The highest BCUT2D eigenvalue weighted by molar-refractivity contribution is 7.09. The van der Waals surface area contributed by atoms with Gasteiger partial charge in [0, 0.05) is 10.9 Å². The van der Waals surface area contributed by atoms with E-state index in [2.05, 4.69) is 5.32 Å². The molecular weight excluding hydrogens is 295 g/mol. The van der Waals surface area contributed by atoms with Gasteiger partial charge in [0.15, 0.2) is 0 Å². The molecule has 21 heavy (non-hydrogen) atoms. The molecule has 1 aromatic carbocycles. The number of rotatable bonds is 6. The highest BCUT2D eigenvalue weighted by Crippen LogP contribution is 2.35. The van der Waals surface area contributed by atoms with Crippen LogP contribution in [0.15, 0.2) is 41.8 Å². The van der Waals surface area contributed by atoms with Gasteiger partial charge in [0.1, 0.15) is 0 Å². The van der Waals surface area contributed by atoms with E-state index < -0.39 is 11.7 Å².